The third-order valence-corrected chi connectivity index (χ3v) is 4.23. The SMILES string of the molecule is COc1ccc(C(C)(CO)NC2CCCCC2)cc1F. The van der Waals surface area contributed by atoms with E-state index >= 15 is 0 Å². The van der Waals surface area contributed by atoms with Crippen LogP contribution in [0.4, 0.5) is 4.39 Å². The first-order chi connectivity index (χ1) is 9.59. The number of benzene rings is 1. The Balaban J connectivity index is 2.18. The summed E-state index contributed by atoms with van der Waals surface area (Å²) < 4.78 is 18.8. The highest BCUT2D eigenvalue weighted by Gasteiger charge is 2.30. The smallest absolute Gasteiger partial charge is 0.165 e. The van der Waals surface area contributed by atoms with Gasteiger partial charge in [0.25, 0.3) is 0 Å². The highest BCUT2D eigenvalue weighted by molar-refractivity contribution is 5.33. The summed E-state index contributed by atoms with van der Waals surface area (Å²) in [5.41, 5.74) is 0.138. The number of halogens is 1. The summed E-state index contributed by atoms with van der Waals surface area (Å²) in [5.74, 6) is -0.165. The van der Waals surface area contributed by atoms with Gasteiger partial charge in [-0.05, 0) is 37.5 Å². The number of ether oxygens (including phenoxy) is 1. The number of methoxy groups -OCH3 is 1. The van der Waals surface area contributed by atoms with Crippen LogP contribution in [-0.4, -0.2) is 24.9 Å². The first-order valence-electron chi connectivity index (χ1n) is 7.31. The van der Waals surface area contributed by atoms with Gasteiger partial charge in [0.15, 0.2) is 11.6 Å². The molecule has 1 unspecified atom stereocenters. The van der Waals surface area contributed by atoms with E-state index in [1.807, 2.05) is 13.0 Å². The molecule has 0 saturated heterocycles. The average molecular weight is 281 g/mol. The Hall–Kier alpha value is -1.13. The summed E-state index contributed by atoms with van der Waals surface area (Å²) in [6, 6.07) is 5.27. The van der Waals surface area contributed by atoms with Crippen molar-refractivity contribution in [3.8, 4) is 5.75 Å². The first kappa shape index (κ1) is 15.3. The third kappa shape index (κ3) is 3.30. The quantitative estimate of drug-likeness (QED) is 0.872. The molecule has 1 atom stereocenters. The summed E-state index contributed by atoms with van der Waals surface area (Å²) >= 11 is 0. The summed E-state index contributed by atoms with van der Waals surface area (Å²) in [6.45, 7) is 1.86. The molecule has 0 aliphatic heterocycles. The normalized spacial score (nSPS) is 19.6. The van der Waals surface area contributed by atoms with Gasteiger partial charge in [0, 0.05) is 6.04 Å². The second-order valence-corrected chi connectivity index (χ2v) is 5.82. The largest absolute Gasteiger partial charge is 0.494 e. The summed E-state index contributed by atoms with van der Waals surface area (Å²) in [7, 11) is 1.45. The molecule has 20 heavy (non-hydrogen) atoms. The number of hydrogen-bond acceptors (Lipinski definition) is 3. The Bertz CT molecular complexity index is 446. The zero-order chi connectivity index (χ0) is 14.6. The van der Waals surface area contributed by atoms with Gasteiger partial charge in [0.1, 0.15) is 0 Å². The Morgan fingerprint density at radius 1 is 1.35 bits per heavy atom. The van der Waals surface area contributed by atoms with Crippen LogP contribution in [0.5, 0.6) is 5.75 Å². The zero-order valence-corrected chi connectivity index (χ0v) is 12.3. The van der Waals surface area contributed by atoms with Crippen LogP contribution in [0.2, 0.25) is 0 Å². The molecular weight excluding hydrogens is 257 g/mol. The monoisotopic (exact) mass is 281 g/mol. The molecule has 1 aliphatic rings. The predicted octanol–water partition coefficient (Wildman–Crippen LogP) is 2.96. The fourth-order valence-corrected chi connectivity index (χ4v) is 2.93. The summed E-state index contributed by atoms with van der Waals surface area (Å²) in [4.78, 5) is 0. The van der Waals surface area contributed by atoms with Gasteiger partial charge in [0.2, 0.25) is 0 Å². The maximum atomic E-state index is 13.9. The standard InChI is InChI=1S/C16H24FNO2/c1-16(11-19,18-13-6-4-3-5-7-13)12-8-9-15(20-2)14(17)10-12/h8-10,13,18-19H,3-7,11H2,1-2H3. The minimum Gasteiger partial charge on any atom is -0.494 e. The zero-order valence-electron chi connectivity index (χ0n) is 12.3. The fraction of sp³-hybridized carbons (Fsp3) is 0.625. The molecule has 0 aromatic heterocycles. The van der Waals surface area contributed by atoms with Crippen LogP contribution < -0.4 is 10.1 Å². The second-order valence-electron chi connectivity index (χ2n) is 5.82. The molecule has 2 N–H and O–H groups in total. The van der Waals surface area contributed by atoms with Gasteiger partial charge in [-0.1, -0.05) is 25.3 Å². The minimum absolute atomic E-state index is 0.0602. The van der Waals surface area contributed by atoms with E-state index in [0.29, 0.717) is 6.04 Å². The number of hydrogen-bond donors (Lipinski definition) is 2. The van der Waals surface area contributed by atoms with E-state index in [1.165, 1.54) is 32.4 Å². The predicted molar refractivity (Wildman–Crippen MR) is 77.4 cm³/mol. The van der Waals surface area contributed by atoms with Crippen molar-refractivity contribution in [2.75, 3.05) is 13.7 Å². The summed E-state index contributed by atoms with van der Waals surface area (Å²) in [6.07, 6.45) is 5.96. The van der Waals surface area contributed by atoms with E-state index in [2.05, 4.69) is 5.32 Å². The molecule has 2 rings (SSSR count). The van der Waals surface area contributed by atoms with Gasteiger partial charge in [-0.2, -0.15) is 0 Å². The van der Waals surface area contributed by atoms with Gasteiger partial charge in [-0.3, -0.25) is 0 Å². The van der Waals surface area contributed by atoms with Crippen LogP contribution in [0.25, 0.3) is 0 Å². The molecule has 0 amide bonds. The minimum atomic E-state index is -0.616. The van der Waals surface area contributed by atoms with E-state index in [0.717, 1.165) is 18.4 Å². The van der Waals surface area contributed by atoms with Gasteiger partial charge < -0.3 is 15.2 Å². The Morgan fingerprint density at radius 2 is 2.05 bits per heavy atom. The highest BCUT2D eigenvalue weighted by atomic mass is 19.1. The molecule has 1 fully saturated rings. The molecule has 1 saturated carbocycles. The number of aliphatic hydroxyl groups is 1. The molecule has 1 aliphatic carbocycles. The highest BCUT2D eigenvalue weighted by Crippen LogP contribution is 2.28. The lowest BCUT2D eigenvalue weighted by Gasteiger charge is -2.36. The van der Waals surface area contributed by atoms with Crippen molar-refractivity contribution in [3.63, 3.8) is 0 Å². The van der Waals surface area contributed by atoms with Crippen LogP contribution in [0.3, 0.4) is 0 Å². The van der Waals surface area contributed by atoms with Crippen molar-refractivity contribution >= 4 is 0 Å². The van der Waals surface area contributed by atoms with E-state index in [9.17, 15) is 9.50 Å². The molecule has 0 bridgehead atoms. The Morgan fingerprint density at radius 3 is 2.60 bits per heavy atom. The van der Waals surface area contributed by atoms with Crippen LogP contribution in [-0.2, 0) is 5.54 Å². The van der Waals surface area contributed by atoms with Crippen molar-refractivity contribution in [1.82, 2.24) is 5.32 Å². The molecule has 0 radical (unpaired) electrons. The van der Waals surface area contributed by atoms with Crippen molar-refractivity contribution in [1.29, 1.82) is 0 Å². The molecule has 0 heterocycles. The lowest BCUT2D eigenvalue weighted by Crippen LogP contribution is -2.49. The van der Waals surface area contributed by atoms with E-state index in [4.69, 9.17) is 4.74 Å². The van der Waals surface area contributed by atoms with Crippen LogP contribution in [0, 0.1) is 5.82 Å². The Labute approximate surface area is 120 Å². The maximum absolute atomic E-state index is 13.9. The fourth-order valence-electron chi connectivity index (χ4n) is 2.93. The van der Waals surface area contributed by atoms with Gasteiger partial charge >= 0.3 is 0 Å². The van der Waals surface area contributed by atoms with Crippen molar-refractivity contribution in [3.05, 3.63) is 29.6 Å². The molecule has 0 spiro atoms. The Kier molecular flexibility index (Phi) is 5.00. The van der Waals surface area contributed by atoms with Crippen molar-refractivity contribution < 1.29 is 14.2 Å². The molecule has 4 heteroatoms. The molecule has 3 nitrogen and oxygen atoms in total. The topological polar surface area (TPSA) is 41.5 Å². The lowest BCUT2D eigenvalue weighted by atomic mass is 9.88. The van der Waals surface area contributed by atoms with Gasteiger partial charge in [-0.25, -0.2) is 4.39 Å². The second kappa shape index (κ2) is 6.55. The van der Waals surface area contributed by atoms with Crippen molar-refractivity contribution in [2.45, 2.75) is 50.6 Å². The van der Waals surface area contributed by atoms with E-state index < -0.39 is 11.4 Å². The number of rotatable bonds is 5. The number of aliphatic hydroxyl groups excluding tert-OH is 1. The van der Waals surface area contributed by atoms with Crippen molar-refractivity contribution in [2.24, 2.45) is 0 Å². The summed E-state index contributed by atoms with van der Waals surface area (Å²) in [5, 5.41) is 13.3. The lowest BCUT2D eigenvalue weighted by molar-refractivity contribution is 0.150. The van der Waals surface area contributed by atoms with Gasteiger partial charge in [-0.15, -0.1) is 0 Å². The van der Waals surface area contributed by atoms with Crippen LogP contribution in [0.1, 0.15) is 44.6 Å². The number of nitrogens with one attached hydrogen (secondary N) is 1. The molecular formula is C16H24FNO2. The molecule has 1 aromatic carbocycles. The first-order valence-corrected chi connectivity index (χ1v) is 7.31. The van der Waals surface area contributed by atoms with Crippen LogP contribution in [0.15, 0.2) is 18.2 Å². The van der Waals surface area contributed by atoms with E-state index in [-0.39, 0.29) is 12.4 Å². The van der Waals surface area contributed by atoms with Gasteiger partial charge in [0.05, 0.1) is 19.3 Å². The van der Waals surface area contributed by atoms with E-state index in [1.54, 1.807) is 6.07 Å². The molecule has 1 aromatic rings. The third-order valence-electron chi connectivity index (χ3n) is 4.23. The maximum Gasteiger partial charge on any atom is 0.165 e. The average Bonchev–Trinajstić information content (AvgIpc) is 2.48. The van der Waals surface area contributed by atoms with Crippen LogP contribution >= 0.6 is 0 Å². The molecule has 112 valence electrons.